The molecule has 0 aromatic heterocycles. The summed E-state index contributed by atoms with van der Waals surface area (Å²) < 4.78 is 5.50. The van der Waals surface area contributed by atoms with Crippen molar-refractivity contribution in [3.05, 3.63) is 29.3 Å². The first-order valence-corrected chi connectivity index (χ1v) is 10.8. The number of aliphatic carboxylic acids is 1. The van der Waals surface area contributed by atoms with Gasteiger partial charge in [-0.05, 0) is 73.5 Å². The topological polar surface area (TPSA) is 87.0 Å². The first-order chi connectivity index (χ1) is 13.5. The van der Waals surface area contributed by atoms with E-state index in [9.17, 15) is 15.0 Å². The highest BCUT2D eigenvalue weighted by Gasteiger charge is 2.44. The van der Waals surface area contributed by atoms with Crippen LogP contribution in [0.25, 0.3) is 0 Å². The van der Waals surface area contributed by atoms with Gasteiger partial charge in [-0.25, -0.2) is 4.79 Å². The van der Waals surface area contributed by atoms with Crippen LogP contribution in [0.1, 0.15) is 63.0 Å². The summed E-state index contributed by atoms with van der Waals surface area (Å²) in [6.45, 7) is 1.84. The second-order valence-electron chi connectivity index (χ2n) is 8.60. The molecule has 5 nitrogen and oxygen atoms in total. The Hall–Kier alpha value is -1.59. The van der Waals surface area contributed by atoms with Crippen LogP contribution in [0.3, 0.4) is 0 Å². The number of ether oxygens (including phenoxy) is 1. The molecule has 28 heavy (non-hydrogen) atoms. The highest BCUT2D eigenvalue weighted by molar-refractivity contribution is 5.68. The minimum absolute atomic E-state index is 0.238. The summed E-state index contributed by atoms with van der Waals surface area (Å²) in [6, 6.07) is 5.87. The number of carboxylic acids is 1. The van der Waals surface area contributed by atoms with Gasteiger partial charge in [-0.1, -0.05) is 38.3 Å². The highest BCUT2D eigenvalue weighted by Crippen LogP contribution is 2.48. The zero-order valence-corrected chi connectivity index (χ0v) is 16.8. The normalized spacial score (nSPS) is 27.1. The zero-order valence-electron chi connectivity index (χ0n) is 16.8. The van der Waals surface area contributed by atoms with Gasteiger partial charge in [0.2, 0.25) is 0 Å². The van der Waals surface area contributed by atoms with E-state index in [2.05, 4.69) is 13.0 Å². The van der Waals surface area contributed by atoms with Crippen LogP contribution in [0.4, 0.5) is 0 Å². The predicted molar refractivity (Wildman–Crippen MR) is 107 cm³/mol. The van der Waals surface area contributed by atoms with E-state index >= 15 is 0 Å². The Bertz CT molecular complexity index is 658. The van der Waals surface area contributed by atoms with Gasteiger partial charge < -0.3 is 20.1 Å². The highest BCUT2D eigenvalue weighted by atomic mass is 16.5. The molecule has 1 aromatic carbocycles. The van der Waals surface area contributed by atoms with Crippen molar-refractivity contribution in [3.8, 4) is 5.75 Å². The Morgan fingerprint density at radius 1 is 1.25 bits per heavy atom. The average Bonchev–Trinajstić information content (AvgIpc) is 2.97. The van der Waals surface area contributed by atoms with Crippen molar-refractivity contribution in [3.63, 3.8) is 0 Å². The van der Waals surface area contributed by atoms with Crippen molar-refractivity contribution in [2.75, 3.05) is 6.61 Å². The molecule has 156 valence electrons. The fourth-order valence-corrected chi connectivity index (χ4v) is 5.24. The number of hydrogen-bond acceptors (Lipinski definition) is 4. The van der Waals surface area contributed by atoms with Gasteiger partial charge in [0.15, 0.2) is 6.61 Å². The summed E-state index contributed by atoms with van der Waals surface area (Å²) in [6.07, 6.45) is 7.85. The molecule has 0 radical (unpaired) electrons. The fraction of sp³-hybridized carbons (Fsp3) is 0.696. The maximum atomic E-state index is 10.8. The Morgan fingerprint density at radius 3 is 2.82 bits per heavy atom. The van der Waals surface area contributed by atoms with Crippen LogP contribution in [-0.2, 0) is 17.6 Å². The molecule has 0 amide bonds. The van der Waals surface area contributed by atoms with Gasteiger partial charge in [0, 0.05) is 0 Å². The lowest BCUT2D eigenvalue weighted by Gasteiger charge is -2.32. The summed E-state index contributed by atoms with van der Waals surface area (Å²) in [5.74, 6) is 0.768. The summed E-state index contributed by atoms with van der Waals surface area (Å²) in [5, 5.41) is 29.8. The summed E-state index contributed by atoms with van der Waals surface area (Å²) in [5.41, 5.74) is 2.32. The van der Waals surface area contributed by atoms with Crippen molar-refractivity contribution in [2.24, 2.45) is 17.8 Å². The number of rotatable bonds is 10. The maximum absolute atomic E-state index is 10.8. The van der Waals surface area contributed by atoms with Crippen molar-refractivity contribution in [2.45, 2.75) is 76.9 Å². The van der Waals surface area contributed by atoms with Gasteiger partial charge in [0.25, 0.3) is 0 Å². The summed E-state index contributed by atoms with van der Waals surface area (Å²) >= 11 is 0. The molecule has 1 saturated carbocycles. The fourth-order valence-electron chi connectivity index (χ4n) is 5.24. The molecule has 3 unspecified atom stereocenters. The lowest BCUT2D eigenvalue weighted by Crippen LogP contribution is -2.28. The SMILES string of the molecule is CCCCCC(O)CC[C@@H]1C2Cc3cccc(OCC(=O)O)c3CC2C[C@H]1O. The van der Waals surface area contributed by atoms with Gasteiger partial charge in [0.1, 0.15) is 5.75 Å². The number of benzene rings is 1. The average molecular weight is 391 g/mol. The van der Waals surface area contributed by atoms with E-state index in [0.717, 1.165) is 63.4 Å². The smallest absolute Gasteiger partial charge is 0.341 e. The number of aliphatic hydroxyl groups is 2. The molecule has 2 aliphatic carbocycles. The molecule has 1 aromatic rings. The lowest BCUT2D eigenvalue weighted by atomic mass is 9.73. The molecule has 0 heterocycles. The molecule has 0 spiro atoms. The second kappa shape index (κ2) is 9.75. The van der Waals surface area contributed by atoms with Crippen LogP contribution in [0.15, 0.2) is 18.2 Å². The monoisotopic (exact) mass is 390 g/mol. The van der Waals surface area contributed by atoms with E-state index in [1.165, 1.54) is 5.56 Å². The Kier molecular flexibility index (Phi) is 7.36. The number of carbonyl (C=O) groups is 1. The third-order valence-corrected chi connectivity index (χ3v) is 6.67. The lowest BCUT2D eigenvalue weighted by molar-refractivity contribution is -0.139. The van der Waals surface area contributed by atoms with Crippen molar-refractivity contribution < 1.29 is 24.9 Å². The largest absolute Gasteiger partial charge is 0.482 e. The van der Waals surface area contributed by atoms with Gasteiger partial charge in [-0.15, -0.1) is 0 Å². The van der Waals surface area contributed by atoms with E-state index in [-0.39, 0.29) is 24.7 Å². The van der Waals surface area contributed by atoms with Crippen LogP contribution in [0.5, 0.6) is 5.75 Å². The first kappa shape index (κ1) is 21.1. The summed E-state index contributed by atoms with van der Waals surface area (Å²) in [4.78, 5) is 10.8. The maximum Gasteiger partial charge on any atom is 0.341 e. The molecule has 5 atom stereocenters. The van der Waals surface area contributed by atoms with Crippen LogP contribution < -0.4 is 4.74 Å². The van der Waals surface area contributed by atoms with Gasteiger partial charge >= 0.3 is 5.97 Å². The van der Waals surface area contributed by atoms with Crippen molar-refractivity contribution in [1.29, 1.82) is 0 Å². The summed E-state index contributed by atoms with van der Waals surface area (Å²) in [7, 11) is 0. The quantitative estimate of drug-likeness (QED) is 0.532. The molecule has 0 bridgehead atoms. The number of carboxylic acid groups (broad SMARTS) is 1. The van der Waals surface area contributed by atoms with E-state index in [1.54, 1.807) is 0 Å². The molecule has 3 rings (SSSR count). The third-order valence-electron chi connectivity index (χ3n) is 6.67. The van der Waals surface area contributed by atoms with Gasteiger partial charge in [0.05, 0.1) is 12.2 Å². The van der Waals surface area contributed by atoms with Crippen LogP contribution in [0, 0.1) is 17.8 Å². The first-order valence-electron chi connectivity index (χ1n) is 10.8. The number of aliphatic hydroxyl groups excluding tert-OH is 2. The van der Waals surface area contributed by atoms with E-state index in [4.69, 9.17) is 9.84 Å². The number of hydrogen-bond donors (Lipinski definition) is 3. The Balaban J connectivity index is 1.62. The Morgan fingerprint density at radius 2 is 2.07 bits per heavy atom. The van der Waals surface area contributed by atoms with E-state index < -0.39 is 5.97 Å². The minimum atomic E-state index is -0.972. The number of fused-ring (bicyclic) bond motifs is 2. The standard InChI is InChI=1S/C23H34O5/c1-2-3-4-7-17(24)9-10-18-19-11-15-6-5-8-22(28-14-23(26)27)20(15)12-16(19)13-21(18)25/h5-6,8,16-19,21,24-25H,2-4,7,9-14H2,1H3,(H,26,27)/t16?,17?,18-,19?,21-/m1/s1. The molecule has 3 N–H and O–H groups in total. The molecule has 5 heteroatoms. The van der Waals surface area contributed by atoms with Crippen LogP contribution in [-0.4, -0.2) is 40.1 Å². The van der Waals surface area contributed by atoms with Crippen molar-refractivity contribution >= 4 is 5.97 Å². The van der Waals surface area contributed by atoms with Crippen LogP contribution >= 0.6 is 0 Å². The molecule has 2 aliphatic rings. The molecule has 0 aliphatic heterocycles. The van der Waals surface area contributed by atoms with E-state index in [1.807, 2.05) is 12.1 Å². The minimum Gasteiger partial charge on any atom is -0.482 e. The predicted octanol–water partition coefficient (Wildman–Crippen LogP) is 3.58. The molecule has 1 fully saturated rings. The molecule has 0 saturated heterocycles. The van der Waals surface area contributed by atoms with Gasteiger partial charge in [-0.2, -0.15) is 0 Å². The number of unbranched alkanes of at least 4 members (excludes halogenated alkanes) is 2. The zero-order chi connectivity index (χ0) is 20.1. The second-order valence-corrected chi connectivity index (χ2v) is 8.60. The van der Waals surface area contributed by atoms with Crippen molar-refractivity contribution in [1.82, 2.24) is 0 Å². The van der Waals surface area contributed by atoms with E-state index in [0.29, 0.717) is 17.6 Å². The van der Waals surface area contributed by atoms with Gasteiger partial charge in [-0.3, -0.25) is 0 Å². The third kappa shape index (κ3) is 5.06. The van der Waals surface area contributed by atoms with Crippen LogP contribution in [0.2, 0.25) is 0 Å². The molecular formula is C23H34O5. The Labute approximate surface area is 167 Å². The molecular weight excluding hydrogens is 356 g/mol.